The molecule has 1 aliphatic rings. The van der Waals surface area contributed by atoms with Crippen LogP contribution < -0.4 is 10.3 Å². The molecule has 1 amide bonds. The van der Waals surface area contributed by atoms with E-state index in [1.807, 2.05) is 19.1 Å². The number of benzene rings is 2. The summed E-state index contributed by atoms with van der Waals surface area (Å²) in [5.41, 5.74) is 1.76. The average molecular weight is 482 g/mol. The van der Waals surface area contributed by atoms with Gasteiger partial charge in [-0.05, 0) is 62.2 Å². The number of carbonyl (C=O) groups excluding carboxylic acids is 1. The van der Waals surface area contributed by atoms with Crippen LogP contribution in [-0.2, 0) is 17.5 Å². The number of aromatic nitrogens is 2. The number of hydrogen-bond acceptors (Lipinski definition) is 3. The monoisotopic (exact) mass is 481 g/mol. The van der Waals surface area contributed by atoms with Crippen LogP contribution in [0.3, 0.4) is 0 Å². The second kappa shape index (κ2) is 8.64. The first kappa shape index (κ1) is 22.2. The summed E-state index contributed by atoms with van der Waals surface area (Å²) in [4.78, 5) is 28.9. The molecule has 1 unspecified atom stereocenters. The molecule has 2 heterocycles. The number of pyridine rings is 1. The van der Waals surface area contributed by atoms with E-state index in [-0.39, 0.29) is 28.6 Å². The summed E-state index contributed by atoms with van der Waals surface area (Å²) in [7, 11) is -1.58. The summed E-state index contributed by atoms with van der Waals surface area (Å²) < 4.78 is 45.1. The Morgan fingerprint density at radius 1 is 1.18 bits per heavy atom. The van der Waals surface area contributed by atoms with Crippen molar-refractivity contribution in [1.82, 2.24) is 14.3 Å². The Morgan fingerprint density at radius 2 is 1.97 bits per heavy atom. The highest BCUT2D eigenvalue weighted by atomic mass is 32.2. The molecular formula is C25H21F2N3O3S. The minimum Gasteiger partial charge on any atom is -0.331 e. The predicted octanol–water partition coefficient (Wildman–Crippen LogP) is 4.19. The summed E-state index contributed by atoms with van der Waals surface area (Å²) in [6, 6.07) is 11.8. The quantitative estimate of drug-likeness (QED) is 0.433. The molecule has 2 aromatic heterocycles. The fourth-order valence-electron chi connectivity index (χ4n) is 4.10. The van der Waals surface area contributed by atoms with Crippen LogP contribution in [0.4, 0.5) is 8.78 Å². The van der Waals surface area contributed by atoms with Crippen LogP contribution in [0.5, 0.6) is 0 Å². The number of fused-ring (bicyclic) bond motifs is 1. The van der Waals surface area contributed by atoms with Crippen LogP contribution in [0, 0.1) is 18.6 Å². The standard InChI is InChI=1S/C25H21F2N3O3S/c1-14-4-9-21-19(11-14)22(18-3-2-10-28-24(18)31)23(25(32)29-34(33)17-6-7-17)30(21)13-15-12-16(26)5-8-20(15)27/h2-5,8-12,17H,6-7,13H2,1H3,(H,28,31)(H,29,32). The maximum Gasteiger partial charge on any atom is 0.280 e. The first-order valence-electron chi connectivity index (χ1n) is 10.8. The van der Waals surface area contributed by atoms with Crippen molar-refractivity contribution in [2.45, 2.75) is 31.6 Å². The third-order valence-electron chi connectivity index (χ3n) is 5.88. The van der Waals surface area contributed by atoms with Crippen molar-refractivity contribution in [2.24, 2.45) is 0 Å². The molecule has 1 aliphatic carbocycles. The third kappa shape index (κ3) is 4.07. The smallest absolute Gasteiger partial charge is 0.280 e. The molecule has 1 atom stereocenters. The van der Waals surface area contributed by atoms with Gasteiger partial charge in [-0.2, -0.15) is 0 Å². The second-order valence-electron chi connectivity index (χ2n) is 8.41. The molecule has 0 spiro atoms. The van der Waals surface area contributed by atoms with E-state index in [0.717, 1.165) is 36.6 Å². The molecule has 2 aromatic carbocycles. The maximum atomic E-state index is 14.6. The summed E-state index contributed by atoms with van der Waals surface area (Å²) in [6.45, 7) is 1.72. The van der Waals surface area contributed by atoms with Gasteiger partial charge < -0.3 is 9.55 Å². The van der Waals surface area contributed by atoms with Gasteiger partial charge in [-0.3, -0.25) is 14.3 Å². The molecule has 4 aromatic rings. The van der Waals surface area contributed by atoms with Crippen LogP contribution in [0.2, 0.25) is 0 Å². The number of nitrogens with one attached hydrogen (secondary N) is 2. The fraction of sp³-hybridized carbons (Fsp3) is 0.200. The van der Waals surface area contributed by atoms with E-state index >= 15 is 0 Å². The predicted molar refractivity (Wildman–Crippen MR) is 127 cm³/mol. The lowest BCUT2D eigenvalue weighted by Crippen LogP contribution is -2.30. The Balaban J connectivity index is 1.79. The highest BCUT2D eigenvalue weighted by molar-refractivity contribution is 7.84. The van der Waals surface area contributed by atoms with Crippen molar-refractivity contribution in [3.63, 3.8) is 0 Å². The van der Waals surface area contributed by atoms with Crippen molar-refractivity contribution in [1.29, 1.82) is 0 Å². The Labute approximate surface area is 196 Å². The Bertz CT molecular complexity index is 1520. The minimum atomic E-state index is -1.58. The Kier molecular flexibility index (Phi) is 5.65. The van der Waals surface area contributed by atoms with E-state index in [1.165, 1.54) is 6.20 Å². The van der Waals surface area contributed by atoms with E-state index in [0.29, 0.717) is 16.5 Å². The van der Waals surface area contributed by atoms with Crippen molar-refractivity contribution in [3.05, 3.63) is 93.5 Å². The molecule has 0 radical (unpaired) electrons. The van der Waals surface area contributed by atoms with Crippen molar-refractivity contribution < 1.29 is 17.8 Å². The van der Waals surface area contributed by atoms with Crippen molar-refractivity contribution >= 4 is 27.8 Å². The highest BCUT2D eigenvalue weighted by Gasteiger charge is 2.32. The van der Waals surface area contributed by atoms with Gasteiger partial charge in [0.1, 0.15) is 28.3 Å². The number of hydrogen-bond donors (Lipinski definition) is 2. The van der Waals surface area contributed by atoms with Gasteiger partial charge in [0.25, 0.3) is 11.5 Å². The highest BCUT2D eigenvalue weighted by Crippen LogP contribution is 2.35. The van der Waals surface area contributed by atoms with Crippen molar-refractivity contribution in [2.75, 3.05) is 0 Å². The topological polar surface area (TPSA) is 84.0 Å². The molecular weight excluding hydrogens is 460 g/mol. The van der Waals surface area contributed by atoms with Crippen LogP contribution in [0.1, 0.15) is 34.5 Å². The number of aryl methyl sites for hydroxylation is 1. The normalized spacial score (nSPS) is 14.3. The lowest BCUT2D eigenvalue weighted by atomic mass is 10.0. The zero-order chi connectivity index (χ0) is 24.0. The zero-order valence-corrected chi connectivity index (χ0v) is 19.0. The molecule has 0 aliphatic heterocycles. The fourth-order valence-corrected chi connectivity index (χ4v) is 5.11. The van der Waals surface area contributed by atoms with Gasteiger partial charge in [0.15, 0.2) is 0 Å². The molecule has 174 valence electrons. The molecule has 0 bridgehead atoms. The van der Waals surface area contributed by atoms with Gasteiger partial charge in [0, 0.05) is 33.8 Å². The third-order valence-corrected chi connectivity index (χ3v) is 7.34. The number of carbonyl (C=O) groups is 1. The molecule has 0 saturated heterocycles. The van der Waals surface area contributed by atoms with Gasteiger partial charge in [-0.15, -0.1) is 0 Å². The zero-order valence-electron chi connectivity index (χ0n) is 18.2. The van der Waals surface area contributed by atoms with Gasteiger partial charge in [-0.1, -0.05) is 11.6 Å². The molecule has 34 heavy (non-hydrogen) atoms. The summed E-state index contributed by atoms with van der Waals surface area (Å²) >= 11 is 0. The molecule has 2 N–H and O–H groups in total. The molecule has 5 rings (SSSR count). The van der Waals surface area contributed by atoms with E-state index in [2.05, 4.69) is 9.71 Å². The molecule has 9 heteroatoms. The summed E-state index contributed by atoms with van der Waals surface area (Å²) in [5.74, 6) is -1.87. The van der Waals surface area contributed by atoms with Crippen LogP contribution in [-0.4, -0.2) is 24.9 Å². The summed E-state index contributed by atoms with van der Waals surface area (Å²) in [6.07, 6.45) is 3.00. The van der Waals surface area contributed by atoms with E-state index in [1.54, 1.807) is 22.8 Å². The van der Waals surface area contributed by atoms with Crippen LogP contribution >= 0.6 is 0 Å². The van der Waals surface area contributed by atoms with Crippen LogP contribution in [0.25, 0.3) is 22.0 Å². The van der Waals surface area contributed by atoms with Gasteiger partial charge >= 0.3 is 0 Å². The van der Waals surface area contributed by atoms with Crippen molar-refractivity contribution in [3.8, 4) is 11.1 Å². The first-order valence-corrected chi connectivity index (χ1v) is 12.0. The van der Waals surface area contributed by atoms with E-state index in [9.17, 15) is 22.6 Å². The Hall–Kier alpha value is -3.59. The van der Waals surface area contributed by atoms with Crippen LogP contribution in [0.15, 0.2) is 59.5 Å². The van der Waals surface area contributed by atoms with E-state index < -0.39 is 34.1 Å². The number of halogens is 2. The summed E-state index contributed by atoms with van der Waals surface area (Å²) in [5, 5.41) is 0.504. The lowest BCUT2D eigenvalue weighted by Gasteiger charge is -2.13. The minimum absolute atomic E-state index is 0.0448. The SMILES string of the molecule is Cc1ccc2c(c1)c(-c1ccc[nH]c1=O)c(C(=O)NS(=O)C1CC1)n2Cc1cc(F)ccc1F. The Morgan fingerprint density at radius 3 is 2.71 bits per heavy atom. The molecule has 6 nitrogen and oxygen atoms in total. The first-order chi connectivity index (χ1) is 16.3. The number of amides is 1. The van der Waals surface area contributed by atoms with Gasteiger partial charge in [-0.25, -0.2) is 13.0 Å². The number of H-pyrrole nitrogens is 1. The lowest BCUT2D eigenvalue weighted by molar-refractivity contribution is 0.0975. The van der Waals surface area contributed by atoms with E-state index in [4.69, 9.17) is 0 Å². The number of rotatable bonds is 6. The number of nitrogens with zero attached hydrogens (tertiary/aromatic N) is 1. The molecule has 1 saturated carbocycles. The van der Waals surface area contributed by atoms with Gasteiger partial charge in [0.2, 0.25) is 0 Å². The largest absolute Gasteiger partial charge is 0.331 e. The van der Waals surface area contributed by atoms with Gasteiger partial charge in [0.05, 0.1) is 11.8 Å². The second-order valence-corrected chi connectivity index (χ2v) is 9.87. The average Bonchev–Trinajstić information content (AvgIpc) is 3.61. The molecule has 1 fully saturated rings. The number of aromatic amines is 1. The maximum absolute atomic E-state index is 14.6.